The quantitative estimate of drug-likeness (QED) is 0.889. The zero-order valence-corrected chi connectivity index (χ0v) is 11.1. The maximum Gasteiger partial charge on any atom is 0.387 e. The lowest BCUT2D eigenvalue weighted by Gasteiger charge is -2.06. The maximum atomic E-state index is 12.1. The molecule has 0 bridgehead atoms. The van der Waals surface area contributed by atoms with Gasteiger partial charge >= 0.3 is 6.61 Å². The Morgan fingerprint density at radius 3 is 3.00 bits per heavy atom. The summed E-state index contributed by atoms with van der Waals surface area (Å²) in [7, 11) is 1.52. The summed E-state index contributed by atoms with van der Waals surface area (Å²) in [5.74, 6) is -0.528. The third kappa shape index (κ3) is 4.25. The molecule has 1 aromatic carbocycles. The molecule has 0 saturated carbocycles. The van der Waals surface area contributed by atoms with E-state index in [1.807, 2.05) is 0 Å². The van der Waals surface area contributed by atoms with Gasteiger partial charge in [-0.05, 0) is 18.2 Å². The molecule has 2 aromatic rings. The van der Waals surface area contributed by atoms with Gasteiger partial charge in [-0.3, -0.25) is 4.79 Å². The number of rotatable bonds is 6. The van der Waals surface area contributed by atoms with Crippen LogP contribution in [0.5, 0.6) is 5.75 Å². The van der Waals surface area contributed by atoms with Gasteiger partial charge < -0.3 is 14.8 Å². The number of hydrogen-bond donors (Lipinski definition) is 1. The number of alkyl halides is 2. The van der Waals surface area contributed by atoms with Crippen LogP contribution in [-0.2, 0) is 11.5 Å². The van der Waals surface area contributed by atoms with Gasteiger partial charge in [-0.1, -0.05) is 6.07 Å². The first kappa shape index (κ1) is 14.9. The molecule has 0 aliphatic rings. The maximum absolute atomic E-state index is 12.1. The third-order valence-electron chi connectivity index (χ3n) is 2.47. The van der Waals surface area contributed by atoms with Crippen LogP contribution < -0.4 is 10.1 Å². The Morgan fingerprint density at radius 1 is 1.48 bits per heavy atom. The summed E-state index contributed by atoms with van der Waals surface area (Å²) < 4.78 is 34.9. The van der Waals surface area contributed by atoms with Gasteiger partial charge in [-0.25, -0.2) is 4.68 Å². The van der Waals surface area contributed by atoms with Crippen LogP contribution in [0.15, 0.2) is 36.7 Å². The number of amides is 1. The van der Waals surface area contributed by atoms with Gasteiger partial charge in [0, 0.05) is 12.7 Å². The minimum absolute atomic E-state index is 0.0762. The molecule has 1 heterocycles. The van der Waals surface area contributed by atoms with Gasteiger partial charge in [0.15, 0.2) is 0 Å². The van der Waals surface area contributed by atoms with E-state index in [1.54, 1.807) is 6.20 Å². The molecule has 1 N–H and O–H groups in total. The molecule has 0 radical (unpaired) electrons. The number of carbonyl (C=O) groups is 1. The van der Waals surface area contributed by atoms with Crippen LogP contribution >= 0.6 is 0 Å². The summed E-state index contributed by atoms with van der Waals surface area (Å²) >= 11 is 0. The predicted octanol–water partition coefficient (Wildman–Crippen LogP) is 2.34. The molecule has 0 aliphatic carbocycles. The fraction of sp³-hybridized carbons (Fsp3) is 0.231. The Kier molecular flexibility index (Phi) is 4.83. The smallest absolute Gasteiger partial charge is 0.387 e. The van der Waals surface area contributed by atoms with Gasteiger partial charge in [0.1, 0.15) is 12.5 Å². The number of carbonyl (C=O) groups excluding carboxylic acids is 1. The number of anilines is 1. The average Bonchev–Trinajstić information content (AvgIpc) is 2.86. The Balaban J connectivity index is 2.05. The van der Waals surface area contributed by atoms with Gasteiger partial charge in [0.25, 0.3) is 5.91 Å². The van der Waals surface area contributed by atoms with Gasteiger partial charge in [-0.15, -0.1) is 0 Å². The standard InChI is InChI=1S/C13H13F2N3O3/c1-20-8-18-7-10(6-16-18)17-12(19)9-3-2-4-11(5-9)21-13(14)15/h2-7,13H,8H2,1H3,(H,17,19). The third-order valence-corrected chi connectivity index (χ3v) is 2.47. The lowest BCUT2D eigenvalue weighted by molar-refractivity contribution is -0.0498. The Hall–Kier alpha value is -2.48. The number of nitrogens with one attached hydrogen (secondary N) is 1. The second-order valence-corrected chi connectivity index (χ2v) is 4.05. The second-order valence-electron chi connectivity index (χ2n) is 4.05. The molecule has 0 spiro atoms. The molecule has 21 heavy (non-hydrogen) atoms. The van der Waals surface area contributed by atoms with Crippen LogP contribution in [0, 0.1) is 0 Å². The molecule has 0 atom stereocenters. The van der Waals surface area contributed by atoms with E-state index in [-0.39, 0.29) is 18.0 Å². The van der Waals surface area contributed by atoms with Crippen molar-refractivity contribution < 1.29 is 23.0 Å². The molecule has 1 aromatic heterocycles. The minimum atomic E-state index is -2.93. The van der Waals surface area contributed by atoms with Gasteiger partial charge in [0.05, 0.1) is 18.1 Å². The molecular weight excluding hydrogens is 284 g/mol. The van der Waals surface area contributed by atoms with Crippen LogP contribution in [0.25, 0.3) is 0 Å². The lowest BCUT2D eigenvalue weighted by Crippen LogP contribution is -2.12. The Morgan fingerprint density at radius 2 is 2.29 bits per heavy atom. The number of methoxy groups -OCH3 is 1. The number of halogens is 2. The van der Waals surface area contributed by atoms with Crippen molar-refractivity contribution in [2.24, 2.45) is 0 Å². The van der Waals surface area contributed by atoms with Crippen molar-refractivity contribution in [3.05, 3.63) is 42.2 Å². The first-order chi connectivity index (χ1) is 10.1. The van der Waals surface area contributed by atoms with Crippen LogP contribution in [0.2, 0.25) is 0 Å². The van der Waals surface area contributed by atoms with Crippen LogP contribution in [0.1, 0.15) is 10.4 Å². The van der Waals surface area contributed by atoms with Crippen molar-refractivity contribution in [2.45, 2.75) is 13.3 Å². The van der Waals surface area contributed by atoms with Crippen LogP contribution in [-0.4, -0.2) is 29.4 Å². The van der Waals surface area contributed by atoms with E-state index in [2.05, 4.69) is 15.2 Å². The van der Waals surface area contributed by atoms with Crippen molar-refractivity contribution in [3.8, 4) is 5.75 Å². The van der Waals surface area contributed by atoms with Crippen molar-refractivity contribution in [1.29, 1.82) is 0 Å². The van der Waals surface area contributed by atoms with E-state index in [4.69, 9.17) is 4.74 Å². The predicted molar refractivity (Wildman–Crippen MR) is 70.3 cm³/mol. The zero-order valence-electron chi connectivity index (χ0n) is 11.1. The highest BCUT2D eigenvalue weighted by Crippen LogP contribution is 2.17. The number of benzene rings is 1. The zero-order chi connectivity index (χ0) is 15.2. The summed E-state index contributed by atoms with van der Waals surface area (Å²) in [5.41, 5.74) is 0.671. The molecule has 0 aliphatic heterocycles. The normalized spacial score (nSPS) is 10.7. The highest BCUT2D eigenvalue weighted by molar-refractivity contribution is 6.04. The largest absolute Gasteiger partial charge is 0.435 e. The second kappa shape index (κ2) is 6.80. The highest BCUT2D eigenvalue weighted by atomic mass is 19.3. The lowest BCUT2D eigenvalue weighted by atomic mass is 10.2. The molecule has 6 nitrogen and oxygen atoms in total. The average molecular weight is 297 g/mol. The Labute approximate surface area is 119 Å². The Bertz CT molecular complexity index is 616. The molecule has 1 amide bonds. The van der Waals surface area contributed by atoms with E-state index in [0.717, 1.165) is 0 Å². The number of nitrogens with zero attached hydrogens (tertiary/aromatic N) is 2. The van der Waals surface area contributed by atoms with Crippen LogP contribution in [0.3, 0.4) is 0 Å². The van der Waals surface area contributed by atoms with E-state index in [1.165, 1.54) is 42.3 Å². The molecule has 8 heteroatoms. The van der Waals surface area contributed by atoms with Crippen LogP contribution in [0.4, 0.5) is 14.5 Å². The van der Waals surface area contributed by atoms with E-state index in [0.29, 0.717) is 5.69 Å². The summed E-state index contributed by atoms with van der Waals surface area (Å²) in [6.07, 6.45) is 3.04. The first-order valence-electron chi connectivity index (χ1n) is 5.96. The van der Waals surface area contributed by atoms with E-state index >= 15 is 0 Å². The number of aromatic nitrogens is 2. The van der Waals surface area contributed by atoms with Crippen molar-refractivity contribution in [3.63, 3.8) is 0 Å². The molecular formula is C13H13F2N3O3. The molecule has 0 unspecified atom stereocenters. The van der Waals surface area contributed by atoms with Gasteiger partial charge in [-0.2, -0.15) is 13.9 Å². The van der Waals surface area contributed by atoms with Crippen molar-refractivity contribution in [2.75, 3.05) is 12.4 Å². The summed E-state index contributed by atoms with van der Waals surface area (Å²) in [6, 6.07) is 5.54. The molecule has 112 valence electrons. The topological polar surface area (TPSA) is 65.4 Å². The molecule has 0 fully saturated rings. The van der Waals surface area contributed by atoms with E-state index < -0.39 is 12.5 Å². The number of ether oxygens (including phenoxy) is 2. The highest BCUT2D eigenvalue weighted by Gasteiger charge is 2.10. The SMILES string of the molecule is COCn1cc(NC(=O)c2cccc(OC(F)F)c2)cn1. The van der Waals surface area contributed by atoms with E-state index in [9.17, 15) is 13.6 Å². The monoisotopic (exact) mass is 297 g/mol. The molecule has 2 rings (SSSR count). The first-order valence-corrected chi connectivity index (χ1v) is 5.96. The summed E-state index contributed by atoms with van der Waals surface area (Å²) in [4.78, 5) is 12.0. The number of hydrogen-bond acceptors (Lipinski definition) is 4. The summed E-state index contributed by atoms with van der Waals surface area (Å²) in [6.45, 7) is -2.68. The summed E-state index contributed by atoms with van der Waals surface area (Å²) in [5, 5.41) is 6.56. The minimum Gasteiger partial charge on any atom is -0.435 e. The van der Waals surface area contributed by atoms with Gasteiger partial charge in [0.2, 0.25) is 0 Å². The van der Waals surface area contributed by atoms with Crippen molar-refractivity contribution in [1.82, 2.24) is 9.78 Å². The molecule has 0 saturated heterocycles. The van der Waals surface area contributed by atoms with Crippen molar-refractivity contribution >= 4 is 11.6 Å². The fourth-order valence-electron chi connectivity index (χ4n) is 1.65. The fourth-order valence-corrected chi connectivity index (χ4v) is 1.65.